The molecule has 10 nitrogen and oxygen atoms in total. The fourth-order valence-corrected chi connectivity index (χ4v) is 3.89. The third-order valence-electron chi connectivity index (χ3n) is 5.20. The molecule has 0 aliphatic rings. The fourth-order valence-electron chi connectivity index (χ4n) is 3.25. The van der Waals surface area contributed by atoms with E-state index in [0.717, 1.165) is 24.8 Å². The zero-order chi connectivity index (χ0) is 24.7. The summed E-state index contributed by atoms with van der Waals surface area (Å²) in [4.78, 5) is 4.59. The van der Waals surface area contributed by atoms with Crippen LogP contribution in [0, 0.1) is 6.92 Å². The van der Waals surface area contributed by atoms with E-state index in [9.17, 15) is 8.42 Å². The summed E-state index contributed by atoms with van der Waals surface area (Å²) in [6, 6.07) is 5.89. The van der Waals surface area contributed by atoms with Crippen molar-refractivity contribution in [2.45, 2.75) is 109 Å². The van der Waals surface area contributed by atoms with E-state index in [1.165, 1.54) is 82.8 Å². The van der Waals surface area contributed by atoms with Gasteiger partial charge in [-0.25, -0.2) is 4.89 Å². The van der Waals surface area contributed by atoms with Crippen LogP contribution in [0.25, 0.3) is 0 Å². The average molecular weight is 509 g/mol. The van der Waals surface area contributed by atoms with Gasteiger partial charge in [0.2, 0.25) is 0 Å². The highest BCUT2D eigenvalue weighted by molar-refractivity contribution is 7.86. The quantitative estimate of drug-likeness (QED) is 0.0849. The van der Waals surface area contributed by atoms with Gasteiger partial charge in [-0.05, 0) is 55.7 Å². The third kappa shape index (κ3) is 17.3. The Morgan fingerprint density at radius 1 is 0.588 bits per heavy atom. The van der Waals surface area contributed by atoms with Gasteiger partial charge in [-0.2, -0.15) is 8.42 Å². The van der Waals surface area contributed by atoms with E-state index in [1.807, 2.05) is 6.92 Å². The minimum Gasteiger partial charge on any atom is -0.204 e. The normalized spacial score (nSPS) is 11.8. The molecule has 0 bridgehead atoms. The molecule has 1 aromatic carbocycles. The molecular weight excluding hydrogens is 468 g/mol. The summed E-state index contributed by atoms with van der Waals surface area (Å²) in [5.74, 6) is 0. The maximum absolute atomic E-state index is 11.8. The first-order valence-corrected chi connectivity index (χ1v) is 13.6. The molecule has 0 aliphatic heterocycles. The molecule has 0 unspecified atom stereocenters. The molecule has 11 heteroatoms. The summed E-state index contributed by atoms with van der Waals surface area (Å²) in [5, 5.41) is 23.8. The van der Waals surface area contributed by atoms with Crippen LogP contribution in [0.5, 0.6) is 0 Å². The van der Waals surface area contributed by atoms with Crippen molar-refractivity contribution in [2.75, 3.05) is 6.61 Å². The van der Waals surface area contributed by atoms with Gasteiger partial charge in [0.05, 0.1) is 11.5 Å². The Hall–Kier alpha value is -1.15. The molecule has 0 amide bonds. The van der Waals surface area contributed by atoms with Crippen molar-refractivity contribution in [1.29, 1.82) is 0 Å². The Bertz CT molecular complexity index is 681. The molecule has 0 fully saturated rings. The van der Waals surface area contributed by atoms with Crippen molar-refractivity contribution in [1.82, 2.24) is 0 Å². The largest absolute Gasteiger partial charge is 0.325 e. The van der Waals surface area contributed by atoms with Crippen molar-refractivity contribution in [3.63, 3.8) is 0 Å². The summed E-state index contributed by atoms with van der Waals surface area (Å²) < 4.78 is 27.6. The first-order chi connectivity index (χ1) is 16.6. The van der Waals surface area contributed by atoms with Crippen molar-refractivity contribution in [3.8, 4) is 0 Å². The molecule has 0 saturated carbocycles. The molecule has 0 aromatic heterocycles. The predicted molar refractivity (Wildman–Crippen MR) is 122 cm³/mol. The second-order valence-electron chi connectivity index (χ2n) is 8.16. The van der Waals surface area contributed by atoms with Crippen LogP contribution in [0.15, 0.2) is 29.2 Å². The highest BCUT2D eigenvalue weighted by atomic mass is 32.2. The average Bonchev–Trinajstić information content (AvgIpc) is 2.82. The predicted octanol–water partition coefficient (Wildman–Crippen LogP) is 6.70. The van der Waals surface area contributed by atoms with Gasteiger partial charge in [-0.3, -0.25) is 0 Å². The highest BCUT2D eigenvalue weighted by Gasteiger charge is 2.17. The van der Waals surface area contributed by atoms with Crippen molar-refractivity contribution < 1.29 is 47.9 Å². The first-order valence-electron chi connectivity index (χ1n) is 12.2. The second-order valence-corrected chi connectivity index (χ2v) is 9.68. The Balaban J connectivity index is 1.78. The number of benzene rings is 1. The molecular formula is C23H40O10S. The van der Waals surface area contributed by atoms with Gasteiger partial charge in [0.1, 0.15) is 0 Å². The zero-order valence-electron chi connectivity index (χ0n) is 20.4. The lowest BCUT2D eigenvalue weighted by Crippen LogP contribution is -2.09. The lowest BCUT2D eigenvalue weighted by Gasteiger charge is -2.04. The lowest BCUT2D eigenvalue weighted by atomic mass is 10.0. The Morgan fingerprint density at radius 2 is 1.03 bits per heavy atom. The molecule has 34 heavy (non-hydrogen) atoms. The SMILES string of the molecule is CCCCCCCCCCCCCCCCOOOOOOOOS(=O)(=O)c1ccc(C)cc1. The molecule has 1 rings (SSSR count). The van der Waals surface area contributed by atoms with E-state index < -0.39 is 10.1 Å². The van der Waals surface area contributed by atoms with Gasteiger partial charge in [0, 0.05) is 0 Å². The maximum atomic E-state index is 11.8. The van der Waals surface area contributed by atoms with Crippen LogP contribution in [-0.4, -0.2) is 15.0 Å². The monoisotopic (exact) mass is 508 g/mol. The van der Waals surface area contributed by atoms with Crippen LogP contribution in [-0.2, 0) is 49.6 Å². The number of hydrogen-bond donors (Lipinski definition) is 0. The van der Waals surface area contributed by atoms with E-state index in [4.69, 9.17) is 4.89 Å². The van der Waals surface area contributed by atoms with Crippen molar-refractivity contribution >= 4 is 10.1 Å². The number of hydrogen-bond acceptors (Lipinski definition) is 10. The zero-order valence-corrected chi connectivity index (χ0v) is 21.2. The van der Waals surface area contributed by atoms with E-state index in [2.05, 4.69) is 41.5 Å². The van der Waals surface area contributed by atoms with Crippen LogP contribution in [0.2, 0.25) is 0 Å². The topological polar surface area (TPSA) is 108 Å². The fraction of sp³-hybridized carbons (Fsp3) is 0.739. The molecule has 0 N–H and O–H groups in total. The Kier molecular flexibility index (Phi) is 19.2. The van der Waals surface area contributed by atoms with Crippen molar-refractivity contribution in [2.24, 2.45) is 0 Å². The summed E-state index contributed by atoms with van der Waals surface area (Å²) in [6.45, 7) is 4.38. The first kappa shape index (κ1) is 30.9. The smallest absolute Gasteiger partial charge is 0.204 e. The van der Waals surface area contributed by atoms with Gasteiger partial charge in [-0.1, -0.05) is 112 Å². The second kappa shape index (κ2) is 21.2. The van der Waals surface area contributed by atoms with Gasteiger partial charge in [0.25, 0.3) is 0 Å². The van der Waals surface area contributed by atoms with Gasteiger partial charge in [-0.15, -0.1) is 0 Å². The van der Waals surface area contributed by atoms with Gasteiger partial charge in [0.15, 0.2) is 0 Å². The van der Waals surface area contributed by atoms with Crippen LogP contribution in [0.4, 0.5) is 0 Å². The standard InChI is InChI=1S/C23H40O10S/c1-3-4-5-6-7-8-9-10-11-12-13-14-15-16-21-26-27-28-29-30-31-32-33-34(24,25)23-19-17-22(2)18-20-23/h17-20H,3-16,21H2,1-2H3. The van der Waals surface area contributed by atoms with E-state index in [0.29, 0.717) is 6.61 Å². The molecule has 0 aliphatic carbocycles. The van der Waals surface area contributed by atoms with E-state index >= 15 is 0 Å². The van der Waals surface area contributed by atoms with Crippen LogP contribution < -0.4 is 0 Å². The number of rotatable bonds is 24. The Morgan fingerprint density at radius 3 is 1.56 bits per heavy atom. The molecule has 0 atom stereocenters. The minimum atomic E-state index is -4.18. The minimum absolute atomic E-state index is 0.126. The molecule has 1 aromatic rings. The summed E-state index contributed by atoms with van der Waals surface area (Å²) in [5.41, 5.74) is 0.886. The Labute approximate surface area is 203 Å². The molecule has 0 heterocycles. The summed E-state index contributed by atoms with van der Waals surface area (Å²) >= 11 is 0. The lowest BCUT2D eigenvalue weighted by molar-refractivity contribution is -0.808. The van der Waals surface area contributed by atoms with Gasteiger partial charge < -0.3 is 0 Å². The van der Waals surface area contributed by atoms with Crippen molar-refractivity contribution in [3.05, 3.63) is 29.8 Å². The van der Waals surface area contributed by atoms with Crippen LogP contribution >= 0.6 is 0 Å². The highest BCUT2D eigenvalue weighted by Crippen LogP contribution is 2.14. The molecule has 0 saturated heterocycles. The number of aryl methyl sites for hydroxylation is 1. The molecule has 0 radical (unpaired) electrons. The van der Waals surface area contributed by atoms with E-state index in [1.54, 1.807) is 12.1 Å². The molecule has 0 spiro atoms. The number of unbranched alkanes of at least 4 members (excludes halogenated alkanes) is 13. The summed E-state index contributed by atoms with van der Waals surface area (Å²) in [7, 11) is -4.18. The summed E-state index contributed by atoms with van der Waals surface area (Å²) in [6.07, 6.45) is 17.7. The molecule has 198 valence electrons. The van der Waals surface area contributed by atoms with Crippen LogP contribution in [0.1, 0.15) is 102 Å². The maximum Gasteiger partial charge on any atom is 0.325 e. The van der Waals surface area contributed by atoms with Gasteiger partial charge >= 0.3 is 10.1 Å². The third-order valence-corrected chi connectivity index (χ3v) is 6.28. The van der Waals surface area contributed by atoms with E-state index in [-0.39, 0.29) is 4.90 Å². The van der Waals surface area contributed by atoms with Crippen LogP contribution in [0.3, 0.4) is 0 Å².